The minimum atomic E-state index is -0.0529. The summed E-state index contributed by atoms with van der Waals surface area (Å²) in [6.07, 6.45) is 2.49. The van der Waals surface area contributed by atoms with Gasteiger partial charge in [0.05, 0.1) is 10.7 Å². The van der Waals surface area contributed by atoms with Crippen molar-refractivity contribution in [1.82, 2.24) is 4.90 Å². The average molecular weight is 273 g/mol. The molecule has 0 aromatic carbocycles. The van der Waals surface area contributed by atoms with Gasteiger partial charge in [-0.05, 0) is 40.9 Å². The van der Waals surface area contributed by atoms with Crippen LogP contribution in [0.1, 0.15) is 17.0 Å². The van der Waals surface area contributed by atoms with Gasteiger partial charge in [0.15, 0.2) is 0 Å². The maximum absolute atomic E-state index is 12.0. The fraction of sp³-hybridized carbons (Fsp3) is 0.500. The molecule has 0 bridgehead atoms. The van der Waals surface area contributed by atoms with Gasteiger partial charge in [-0.25, -0.2) is 0 Å². The van der Waals surface area contributed by atoms with E-state index >= 15 is 0 Å². The van der Waals surface area contributed by atoms with Gasteiger partial charge in [-0.3, -0.25) is 4.79 Å². The Kier molecular flexibility index (Phi) is 3.11. The first kappa shape index (κ1) is 10.7. The summed E-state index contributed by atoms with van der Waals surface area (Å²) in [4.78, 5) is 13.7. The van der Waals surface area contributed by atoms with E-state index in [1.807, 2.05) is 0 Å². The Labute approximate surface area is 96.5 Å². The number of nitrogens with zero attached hydrogens (tertiary/aromatic N) is 1. The first-order valence-electron chi connectivity index (χ1n) is 4.94. The number of rotatable bonds is 2. The smallest absolute Gasteiger partial charge is 0.290 e. The second kappa shape index (κ2) is 4.37. The van der Waals surface area contributed by atoms with E-state index in [1.54, 1.807) is 11.0 Å². The predicted molar refractivity (Wildman–Crippen MR) is 59.5 cm³/mol. The summed E-state index contributed by atoms with van der Waals surface area (Å²) in [6.45, 7) is 2.15. The Morgan fingerprint density at radius 2 is 2.53 bits per heavy atom. The van der Waals surface area contributed by atoms with E-state index in [0.717, 1.165) is 19.5 Å². The Balaban J connectivity index is 2.07. The number of hydrogen-bond donors (Lipinski definition) is 1. The van der Waals surface area contributed by atoms with E-state index in [-0.39, 0.29) is 5.91 Å². The van der Waals surface area contributed by atoms with Gasteiger partial charge in [0.2, 0.25) is 5.76 Å². The third-order valence-electron chi connectivity index (χ3n) is 2.72. The van der Waals surface area contributed by atoms with Crippen LogP contribution in [0.15, 0.2) is 21.2 Å². The van der Waals surface area contributed by atoms with Gasteiger partial charge in [-0.2, -0.15) is 0 Å². The molecule has 1 aromatic rings. The normalized spacial score (nSPS) is 20.9. The van der Waals surface area contributed by atoms with Crippen LogP contribution in [0.2, 0.25) is 0 Å². The minimum Gasteiger partial charge on any atom is -0.458 e. The number of halogens is 1. The van der Waals surface area contributed by atoms with Crippen LogP contribution in [-0.4, -0.2) is 30.4 Å². The number of furan rings is 1. The molecule has 1 fully saturated rings. The van der Waals surface area contributed by atoms with E-state index in [2.05, 4.69) is 15.9 Å². The molecule has 4 nitrogen and oxygen atoms in total. The fourth-order valence-electron chi connectivity index (χ4n) is 1.80. The highest BCUT2D eigenvalue weighted by molar-refractivity contribution is 9.10. The Bertz CT molecular complexity index is 364. The lowest BCUT2D eigenvalue weighted by atomic mass is 10.1. The van der Waals surface area contributed by atoms with Crippen LogP contribution in [0.25, 0.3) is 0 Å². The molecule has 1 unspecified atom stereocenters. The number of hydrogen-bond acceptors (Lipinski definition) is 3. The van der Waals surface area contributed by atoms with E-state index in [9.17, 15) is 4.79 Å². The highest BCUT2D eigenvalue weighted by Crippen LogP contribution is 2.23. The van der Waals surface area contributed by atoms with Crippen LogP contribution < -0.4 is 5.73 Å². The van der Waals surface area contributed by atoms with E-state index in [0.29, 0.717) is 22.7 Å². The van der Waals surface area contributed by atoms with Crippen molar-refractivity contribution in [1.29, 1.82) is 0 Å². The molecule has 2 rings (SSSR count). The molecule has 2 N–H and O–H groups in total. The molecule has 1 atom stereocenters. The molecule has 1 aliphatic heterocycles. The molecule has 0 saturated carbocycles. The molecule has 1 saturated heterocycles. The van der Waals surface area contributed by atoms with Crippen molar-refractivity contribution in [2.75, 3.05) is 19.6 Å². The van der Waals surface area contributed by atoms with E-state index in [1.165, 1.54) is 6.26 Å². The first-order chi connectivity index (χ1) is 7.22. The summed E-state index contributed by atoms with van der Waals surface area (Å²) in [7, 11) is 0. The predicted octanol–water partition coefficient (Wildman–Crippen LogP) is 1.46. The van der Waals surface area contributed by atoms with Crippen molar-refractivity contribution in [3.63, 3.8) is 0 Å². The number of carbonyl (C=O) groups excluding carboxylic acids is 1. The summed E-state index contributed by atoms with van der Waals surface area (Å²) in [5.74, 6) is 0.762. The summed E-state index contributed by atoms with van der Waals surface area (Å²) in [6, 6.07) is 1.73. The first-order valence-corrected chi connectivity index (χ1v) is 5.74. The molecule has 0 radical (unpaired) electrons. The molecule has 0 aliphatic carbocycles. The molecule has 15 heavy (non-hydrogen) atoms. The van der Waals surface area contributed by atoms with Gasteiger partial charge < -0.3 is 15.1 Å². The van der Waals surface area contributed by atoms with Crippen LogP contribution in [-0.2, 0) is 0 Å². The van der Waals surface area contributed by atoms with Crippen molar-refractivity contribution in [3.05, 3.63) is 22.6 Å². The zero-order chi connectivity index (χ0) is 10.8. The van der Waals surface area contributed by atoms with Crippen molar-refractivity contribution in [2.45, 2.75) is 6.42 Å². The molecule has 2 heterocycles. The van der Waals surface area contributed by atoms with Gasteiger partial charge in [0.1, 0.15) is 0 Å². The third-order valence-corrected chi connectivity index (χ3v) is 3.34. The summed E-state index contributed by atoms with van der Waals surface area (Å²) in [5.41, 5.74) is 5.57. The highest BCUT2D eigenvalue weighted by atomic mass is 79.9. The van der Waals surface area contributed by atoms with Crippen LogP contribution in [0.4, 0.5) is 0 Å². The maximum atomic E-state index is 12.0. The molecular formula is C10H13BrN2O2. The number of amides is 1. The monoisotopic (exact) mass is 272 g/mol. The van der Waals surface area contributed by atoms with Gasteiger partial charge in [0.25, 0.3) is 5.91 Å². The van der Waals surface area contributed by atoms with Gasteiger partial charge in [-0.1, -0.05) is 0 Å². The van der Waals surface area contributed by atoms with Gasteiger partial charge in [0, 0.05) is 13.1 Å². The van der Waals surface area contributed by atoms with Crippen LogP contribution in [0.3, 0.4) is 0 Å². The van der Waals surface area contributed by atoms with Crippen molar-refractivity contribution in [3.8, 4) is 0 Å². The Morgan fingerprint density at radius 3 is 3.07 bits per heavy atom. The van der Waals surface area contributed by atoms with Crippen molar-refractivity contribution in [2.24, 2.45) is 11.7 Å². The lowest BCUT2D eigenvalue weighted by Gasteiger charge is -2.14. The standard InChI is InChI=1S/C10H13BrN2O2/c11-8-2-4-15-9(8)10(14)13-3-1-7(5-12)6-13/h2,4,7H,1,3,5-6,12H2. The molecular weight excluding hydrogens is 260 g/mol. The van der Waals surface area contributed by atoms with Gasteiger partial charge >= 0.3 is 0 Å². The summed E-state index contributed by atoms with van der Waals surface area (Å²) < 4.78 is 5.85. The SMILES string of the molecule is NCC1CCN(C(=O)c2occc2Br)C1. The zero-order valence-electron chi connectivity index (χ0n) is 8.28. The highest BCUT2D eigenvalue weighted by Gasteiger charge is 2.28. The second-order valence-corrected chi connectivity index (χ2v) is 4.59. The Morgan fingerprint density at radius 1 is 1.73 bits per heavy atom. The van der Waals surface area contributed by atoms with Crippen LogP contribution in [0.5, 0.6) is 0 Å². The Hall–Kier alpha value is -0.810. The van der Waals surface area contributed by atoms with Crippen molar-refractivity contribution < 1.29 is 9.21 Å². The average Bonchev–Trinajstić information content (AvgIpc) is 2.84. The third kappa shape index (κ3) is 2.08. The summed E-state index contributed by atoms with van der Waals surface area (Å²) >= 11 is 3.28. The zero-order valence-corrected chi connectivity index (χ0v) is 9.87. The minimum absolute atomic E-state index is 0.0529. The quantitative estimate of drug-likeness (QED) is 0.887. The second-order valence-electron chi connectivity index (χ2n) is 3.74. The molecule has 1 aliphatic rings. The molecule has 1 aromatic heterocycles. The molecule has 5 heteroatoms. The van der Waals surface area contributed by atoms with Crippen LogP contribution >= 0.6 is 15.9 Å². The lowest BCUT2D eigenvalue weighted by molar-refractivity contribution is 0.0755. The largest absolute Gasteiger partial charge is 0.458 e. The fourth-order valence-corrected chi connectivity index (χ4v) is 2.17. The number of carbonyl (C=O) groups is 1. The lowest BCUT2D eigenvalue weighted by Crippen LogP contribution is -2.29. The summed E-state index contributed by atoms with van der Waals surface area (Å²) in [5, 5.41) is 0. The topological polar surface area (TPSA) is 59.5 Å². The van der Waals surface area contributed by atoms with Crippen molar-refractivity contribution >= 4 is 21.8 Å². The van der Waals surface area contributed by atoms with E-state index < -0.39 is 0 Å². The maximum Gasteiger partial charge on any atom is 0.290 e. The molecule has 82 valence electrons. The van der Waals surface area contributed by atoms with Crippen LogP contribution in [0, 0.1) is 5.92 Å². The van der Waals surface area contributed by atoms with E-state index in [4.69, 9.17) is 10.2 Å². The molecule has 1 amide bonds. The molecule has 0 spiro atoms. The number of nitrogens with two attached hydrogens (primary N) is 1. The van der Waals surface area contributed by atoms with Gasteiger partial charge in [-0.15, -0.1) is 0 Å². The number of likely N-dealkylation sites (tertiary alicyclic amines) is 1.